The van der Waals surface area contributed by atoms with Gasteiger partial charge in [-0.05, 0) is 51.1 Å². The molecule has 16 heavy (non-hydrogen) atoms. The molecule has 1 fully saturated rings. The van der Waals surface area contributed by atoms with Gasteiger partial charge < -0.3 is 10.4 Å². The van der Waals surface area contributed by atoms with Crippen LogP contribution in [0.5, 0.6) is 0 Å². The van der Waals surface area contributed by atoms with E-state index in [9.17, 15) is 5.11 Å². The highest BCUT2D eigenvalue weighted by Crippen LogP contribution is 2.24. The Balaban J connectivity index is 1.71. The maximum Gasteiger partial charge on any atom is 0.0540 e. The Morgan fingerprint density at radius 2 is 2.25 bits per heavy atom. The van der Waals surface area contributed by atoms with Gasteiger partial charge in [0.05, 0.1) is 11.8 Å². The summed E-state index contributed by atoms with van der Waals surface area (Å²) in [5.74, 6) is 0.716. The molecule has 1 saturated carbocycles. The second-order valence-electron chi connectivity index (χ2n) is 4.82. The molecule has 0 amide bonds. The van der Waals surface area contributed by atoms with Crippen molar-refractivity contribution < 1.29 is 5.11 Å². The monoisotopic (exact) mass is 223 g/mol. The van der Waals surface area contributed by atoms with E-state index in [1.54, 1.807) is 6.20 Å². The highest BCUT2D eigenvalue weighted by Gasteiger charge is 2.19. The minimum atomic E-state index is -0.0544. The van der Waals surface area contributed by atoms with Crippen molar-refractivity contribution in [3.8, 4) is 0 Å². The van der Waals surface area contributed by atoms with Gasteiger partial charge in [0.1, 0.15) is 0 Å². The highest BCUT2D eigenvalue weighted by atomic mass is 16.3. The fourth-order valence-electron chi connectivity index (χ4n) is 2.31. The molecule has 90 valence electrons. The molecule has 1 aromatic rings. The van der Waals surface area contributed by atoms with Crippen LogP contribution in [-0.2, 0) is 0 Å². The molecule has 1 atom stereocenters. The standard InChI is InChI=1S/C12H21N3O/c1-9(12-6-7-14-15-12)13-8-10-2-4-11(16)5-3-10/h6-7,9-11,13,16H,2-5,8H2,1H3,(H,14,15). The van der Waals surface area contributed by atoms with E-state index in [-0.39, 0.29) is 6.10 Å². The van der Waals surface area contributed by atoms with Crippen LogP contribution < -0.4 is 5.32 Å². The zero-order valence-electron chi connectivity index (χ0n) is 9.82. The zero-order valence-corrected chi connectivity index (χ0v) is 9.82. The molecule has 0 saturated heterocycles. The zero-order chi connectivity index (χ0) is 11.4. The van der Waals surface area contributed by atoms with Crippen molar-refractivity contribution in [3.63, 3.8) is 0 Å². The Kier molecular flexibility index (Phi) is 3.96. The first kappa shape index (κ1) is 11.6. The van der Waals surface area contributed by atoms with Gasteiger partial charge in [-0.25, -0.2) is 0 Å². The average Bonchev–Trinajstić information content (AvgIpc) is 2.81. The first-order valence-electron chi connectivity index (χ1n) is 6.16. The minimum absolute atomic E-state index is 0.0544. The molecule has 3 N–H and O–H groups in total. The molecule has 4 nitrogen and oxygen atoms in total. The van der Waals surface area contributed by atoms with E-state index in [1.165, 1.54) is 0 Å². The van der Waals surface area contributed by atoms with Crippen molar-refractivity contribution in [2.75, 3.05) is 6.54 Å². The predicted molar refractivity (Wildman–Crippen MR) is 63.0 cm³/mol. The van der Waals surface area contributed by atoms with Gasteiger partial charge in [0, 0.05) is 12.2 Å². The smallest absolute Gasteiger partial charge is 0.0540 e. The summed E-state index contributed by atoms with van der Waals surface area (Å²) in [7, 11) is 0. The molecule has 2 rings (SSSR count). The quantitative estimate of drug-likeness (QED) is 0.726. The van der Waals surface area contributed by atoms with Gasteiger partial charge in [0.25, 0.3) is 0 Å². The van der Waals surface area contributed by atoms with Crippen LogP contribution >= 0.6 is 0 Å². The number of nitrogens with zero attached hydrogens (tertiary/aromatic N) is 1. The molecule has 0 bridgehead atoms. The fraction of sp³-hybridized carbons (Fsp3) is 0.750. The predicted octanol–water partition coefficient (Wildman–Crippen LogP) is 1.61. The van der Waals surface area contributed by atoms with E-state index in [4.69, 9.17) is 0 Å². The molecule has 1 heterocycles. The fourth-order valence-corrected chi connectivity index (χ4v) is 2.31. The van der Waals surface area contributed by atoms with Crippen molar-refractivity contribution in [3.05, 3.63) is 18.0 Å². The number of aromatic nitrogens is 2. The number of rotatable bonds is 4. The number of nitrogens with one attached hydrogen (secondary N) is 2. The van der Waals surface area contributed by atoms with Crippen LogP contribution in [0, 0.1) is 5.92 Å². The maximum absolute atomic E-state index is 9.42. The molecule has 0 aliphatic heterocycles. The number of hydrogen-bond donors (Lipinski definition) is 3. The maximum atomic E-state index is 9.42. The van der Waals surface area contributed by atoms with Gasteiger partial charge in [-0.1, -0.05) is 0 Å². The van der Waals surface area contributed by atoms with Crippen LogP contribution in [0.15, 0.2) is 12.3 Å². The Bertz CT molecular complexity index is 291. The largest absolute Gasteiger partial charge is 0.393 e. The summed E-state index contributed by atoms with van der Waals surface area (Å²) in [6, 6.07) is 2.33. The summed E-state index contributed by atoms with van der Waals surface area (Å²) in [6.07, 6.45) is 5.94. The lowest BCUT2D eigenvalue weighted by Gasteiger charge is -2.26. The number of aliphatic hydroxyl groups is 1. The van der Waals surface area contributed by atoms with Crippen molar-refractivity contribution in [2.24, 2.45) is 5.92 Å². The van der Waals surface area contributed by atoms with E-state index >= 15 is 0 Å². The minimum Gasteiger partial charge on any atom is -0.393 e. The van der Waals surface area contributed by atoms with Crippen LogP contribution in [0.1, 0.15) is 44.3 Å². The molecular weight excluding hydrogens is 202 g/mol. The first-order valence-corrected chi connectivity index (χ1v) is 6.16. The van der Waals surface area contributed by atoms with Gasteiger partial charge in [0.15, 0.2) is 0 Å². The molecule has 1 unspecified atom stereocenters. The molecule has 0 spiro atoms. The van der Waals surface area contributed by atoms with Crippen molar-refractivity contribution in [1.29, 1.82) is 0 Å². The van der Waals surface area contributed by atoms with Crippen LogP contribution in [0.2, 0.25) is 0 Å². The van der Waals surface area contributed by atoms with Crippen molar-refractivity contribution in [2.45, 2.75) is 44.8 Å². The second-order valence-corrected chi connectivity index (χ2v) is 4.82. The lowest BCUT2D eigenvalue weighted by Crippen LogP contribution is -2.29. The number of H-pyrrole nitrogens is 1. The molecule has 1 aliphatic carbocycles. The summed E-state index contributed by atoms with van der Waals surface area (Å²) in [4.78, 5) is 0. The molecular formula is C12H21N3O. The van der Waals surface area contributed by atoms with E-state index in [0.29, 0.717) is 12.0 Å². The van der Waals surface area contributed by atoms with E-state index < -0.39 is 0 Å². The third-order valence-corrected chi connectivity index (χ3v) is 3.52. The molecule has 4 heteroatoms. The molecule has 0 radical (unpaired) electrons. The Morgan fingerprint density at radius 3 is 2.88 bits per heavy atom. The highest BCUT2D eigenvalue weighted by molar-refractivity contribution is 5.02. The van der Waals surface area contributed by atoms with E-state index in [0.717, 1.165) is 37.9 Å². The van der Waals surface area contributed by atoms with Crippen molar-refractivity contribution in [1.82, 2.24) is 15.5 Å². The molecule has 1 aliphatic rings. The Hall–Kier alpha value is -0.870. The molecule has 1 aromatic heterocycles. The summed E-state index contributed by atoms with van der Waals surface area (Å²) in [6.45, 7) is 3.18. The van der Waals surface area contributed by atoms with Gasteiger partial charge in [-0.15, -0.1) is 0 Å². The SMILES string of the molecule is CC(NCC1CCC(O)CC1)c1ccn[nH]1. The van der Waals surface area contributed by atoms with Gasteiger partial charge in [0.2, 0.25) is 0 Å². The summed E-state index contributed by atoms with van der Waals surface area (Å²) < 4.78 is 0. The average molecular weight is 223 g/mol. The second kappa shape index (κ2) is 5.46. The lowest BCUT2D eigenvalue weighted by atomic mass is 9.87. The normalized spacial score (nSPS) is 27.9. The number of hydrogen-bond acceptors (Lipinski definition) is 3. The van der Waals surface area contributed by atoms with Crippen LogP contribution in [0.3, 0.4) is 0 Å². The Labute approximate surface area is 96.5 Å². The van der Waals surface area contributed by atoms with Crippen LogP contribution in [-0.4, -0.2) is 28.0 Å². The van der Waals surface area contributed by atoms with Gasteiger partial charge >= 0.3 is 0 Å². The topological polar surface area (TPSA) is 60.9 Å². The summed E-state index contributed by atoms with van der Waals surface area (Å²) in [5.41, 5.74) is 1.14. The van der Waals surface area contributed by atoms with Crippen molar-refractivity contribution >= 4 is 0 Å². The summed E-state index contributed by atoms with van der Waals surface area (Å²) in [5, 5.41) is 19.9. The van der Waals surface area contributed by atoms with E-state index in [1.807, 2.05) is 6.07 Å². The third-order valence-electron chi connectivity index (χ3n) is 3.52. The molecule has 0 aromatic carbocycles. The van der Waals surface area contributed by atoms with E-state index in [2.05, 4.69) is 22.4 Å². The van der Waals surface area contributed by atoms with Gasteiger partial charge in [-0.3, -0.25) is 5.10 Å². The number of aromatic amines is 1. The third kappa shape index (κ3) is 3.06. The number of aliphatic hydroxyl groups excluding tert-OH is 1. The Morgan fingerprint density at radius 1 is 1.50 bits per heavy atom. The summed E-state index contributed by atoms with van der Waals surface area (Å²) >= 11 is 0. The lowest BCUT2D eigenvalue weighted by molar-refractivity contribution is 0.107. The first-order chi connectivity index (χ1) is 7.75. The van der Waals surface area contributed by atoms with Crippen LogP contribution in [0.4, 0.5) is 0 Å². The van der Waals surface area contributed by atoms with Crippen LogP contribution in [0.25, 0.3) is 0 Å². The van der Waals surface area contributed by atoms with Gasteiger partial charge in [-0.2, -0.15) is 5.10 Å².